The van der Waals surface area contributed by atoms with Crippen molar-refractivity contribution in [3.05, 3.63) is 38.7 Å². The van der Waals surface area contributed by atoms with Gasteiger partial charge in [0.05, 0.1) is 16.6 Å². The molecular formula is C12H10N4O2S2. The highest BCUT2D eigenvalue weighted by Crippen LogP contribution is 2.27. The van der Waals surface area contributed by atoms with Crippen LogP contribution in [0, 0.1) is 6.92 Å². The molecule has 0 atom stereocenters. The number of carbonyl (C=O) groups is 1. The molecule has 1 N–H and O–H groups in total. The van der Waals surface area contributed by atoms with Gasteiger partial charge >= 0.3 is 0 Å². The van der Waals surface area contributed by atoms with E-state index in [2.05, 4.69) is 15.3 Å². The highest BCUT2D eigenvalue weighted by Gasteiger charge is 2.19. The first-order valence-electron chi connectivity index (χ1n) is 5.73. The van der Waals surface area contributed by atoms with Gasteiger partial charge in [-0.1, -0.05) is 0 Å². The standard InChI is InChI=1S/C12H10N4O2S2/c1-6-7-10(14-5-16(2)11(7)18)20-8(6)9(17)15-12-13-3-4-19-12/h3-5H,1-2H3,(H,13,15,17). The number of aryl methyl sites for hydroxylation is 2. The lowest BCUT2D eigenvalue weighted by molar-refractivity contribution is 0.103. The Morgan fingerprint density at radius 2 is 2.20 bits per heavy atom. The first-order chi connectivity index (χ1) is 9.58. The third-order valence-corrected chi connectivity index (χ3v) is 4.76. The summed E-state index contributed by atoms with van der Waals surface area (Å²) in [6.07, 6.45) is 3.08. The highest BCUT2D eigenvalue weighted by atomic mass is 32.1. The van der Waals surface area contributed by atoms with Crippen molar-refractivity contribution in [2.45, 2.75) is 6.92 Å². The summed E-state index contributed by atoms with van der Waals surface area (Å²) < 4.78 is 1.41. The Kier molecular flexibility index (Phi) is 3.11. The first kappa shape index (κ1) is 12.9. The molecule has 1 amide bonds. The quantitative estimate of drug-likeness (QED) is 0.785. The van der Waals surface area contributed by atoms with Crippen LogP contribution in [0.4, 0.5) is 5.13 Å². The summed E-state index contributed by atoms with van der Waals surface area (Å²) in [6.45, 7) is 1.76. The van der Waals surface area contributed by atoms with E-state index in [1.165, 1.54) is 33.6 Å². The number of nitrogens with one attached hydrogen (secondary N) is 1. The van der Waals surface area contributed by atoms with E-state index in [-0.39, 0.29) is 11.5 Å². The number of hydrogen-bond donors (Lipinski definition) is 1. The zero-order valence-electron chi connectivity index (χ0n) is 10.7. The second kappa shape index (κ2) is 4.80. The molecule has 0 aliphatic carbocycles. The monoisotopic (exact) mass is 306 g/mol. The number of aromatic nitrogens is 3. The molecule has 0 fully saturated rings. The SMILES string of the molecule is Cc1c(C(=O)Nc2nccs2)sc2ncn(C)c(=O)c12. The summed E-state index contributed by atoms with van der Waals surface area (Å²) in [6, 6.07) is 0. The van der Waals surface area contributed by atoms with Gasteiger partial charge in [-0.05, 0) is 12.5 Å². The fourth-order valence-electron chi connectivity index (χ4n) is 1.86. The molecule has 102 valence electrons. The Morgan fingerprint density at radius 1 is 1.40 bits per heavy atom. The molecule has 0 unspecified atom stereocenters. The van der Waals surface area contributed by atoms with E-state index >= 15 is 0 Å². The minimum Gasteiger partial charge on any atom is -0.302 e. The van der Waals surface area contributed by atoms with Crippen molar-refractivity contribution < 1.29 is 4.79 Å². The second-order valence-electron chi connectivity index (χ2n) is 4.19. The lowest BCUT2D eigenvalue weighted by atomic mass is 10.2. The Labute approximate surface area is 121 Å². The maximum absolute atomic E-state index is 12.2. The van der Waals surface area contributed by atoms with Crippen molar-refractivity contribution in [3.8, 4) is 0 Å². The predicted octanol–water partition coefficient (Wildman–Crippen LogP) is 2.01. The summed E-state index contributed by atoms with van der Waals surface area (Å²) in [5.41, 5.74) is 0.518. The van der Waals surface area contributed by atoms with Gasteiger partial charge in [0.2, 0.25) is 0 Å². The summed E-state index contributed by atoms with van der Waals surface area (Å²) >= 11 is 2.56. The van der Waals surface area contributed by atoms with Crippen LogP contribution in [0.3, 0.4) is 0 Å². The van der Waals surface area contributed by atoms with Gasteiger partial charge in [-0.3, -0.25) is 14.9 Å². The molecule has 3 aromatic rings. The lowest BCUT2D eigenvalue weighted by Gasteiger charge is -1.99. The molecule has 0 spiro atoms. The Bertz CT molecular complexity index is 848. The molecule has 0 saturated heterocycles. The molecule has 3 aromatic heterocycles. The summed E-state index contributed by atoms with van der Waals surface area (Å²) in [4.78, 5) is 33.6. The van der Waals surface area contributed by atoms with Crippen molar-refractivity contribution in [1.29, 1.82) is 0 Å². The van der Waals surface area contributed by atoms with E-state index < -0.39 is 0 Å². The molecule has 0 aromatic carbocycles. The van der Waals surface area contributed by atoms with E-state index in [4.69, 9.17) is 0 Å². The van der Waals surface area contributed by atoms with Crippen LogP contribution in [0.2, 0.25) is 0 Å². The normalized spacial score (nSPS) is 10.9. The molecule has 20 heavy (non-hydrogen) atoms. The molecule has 6 nitrogen and oxygen atoms in total. The van der Waals surface area contributed by atoms with Crippen LogP contribution in [0.15, 0.2) is 22.7 Å². The van der Waals surface area contributed by atoms with Gasteiger partial charge in [0.1, 0.15) is 4.83 Å². The molecule has 0 radical (unpaired) electrons. The molecular weight excluding hydrogens is 296 g/mol. The van der Waals surface area contributed by atoms with E-state index in [0.29, 0.717) is 25.8 Å². The first-order valence-corrected chi connectivity index (χ1v) is 7.43. The molecule has 0 aliphatic rings. The zero-order chi connectivity index (χ0) is 14.3. The minimum atomic E-state index is -0.262. The van der Waals surface area contributed by atoms with E-state index in [0.717, 1.165) is 0 Å². The van der Waals surface area contributed by atoms with Crippen molar-refractivity contribution in [2.24, 2.45) is 7.05 Å². The van der Waals surface area contributed by atoms with Crippen LogP contribution in [-0.4, -0.2) is 20.4 Å². The lowest BCUT2D eigenvalue weighted by Crippen LogP contribution is -2.17. The Morgan fingerprint density at radius 3 is 2.90 bits per heavy atom. The fourth-order valence-corrected chi connectivity index (χ4v) is 3.42. The van der Waals surface area contributed by atoms with Crippen molar-refractivity contribution >= 4 is 43.9 Å². The van der Waals surface area contributed by atoms with Crippen LogP contribution in [0.25, 0.3) is 10.2 Å². The third-order valence-electron chi connectivity index (χ3n) is 2.87. The number of thiazole rings is 1. The molecule has 0 bridgehead atoms. The number of amides is 1. The third kappa shape index (κ3) is 2.02. The summed E-state index contributed by atoms with van der Waals surface area (Å²) in [5.74, 6) is -0.262. The van der Waals surface area contributed by atoms with Gasteiger partial charge in [0.15, 0.2) is 5.13 Å². The van der Waals surface area contributed by atoms with E-state index in [1.807, 2.05) is 0 Å². The van der Waals surface area contributed by atoms with Crippen molar-refractivity contribution in [1.82, 2.24) is 14.5 Å². The molecule has 8 heteroatoms. The van der Waals surface area contributed by atoms with Gasteiger partial charge < -0.3 is 4.57 Å². The van der Waals surface area contributed by atoms with Crippen LogP contribution in [0.5, 0.6) is 0 Å². The summed E-state index contributed by atoms with van der Waals surface area (Å²) in [7, 11) is 1.64. The minimum absolute atomic E-state index is 0.142. The number of hydrogen-bond acceptors (Lipinski definition) is 6. The topological polar surface area (TPSA) is 76.9 Å². The largest absolute Gasteiger partial charge is 0.302 e. The Hall–Kier alpha value is -2.06. The van der Waals surface area contributed by atoms with Gasteiger partial charge in [0.25, 0.3) is 11.5 Å². The molecule has 3 heterocycles. The summed E-state index contributed by atoms with van der Waals surface area (Å²) in [5, 5.41) is 5.54. The van der Waals surface area contributed by atoms with Crippen LogP contribution >= 0.6 is 22.7 Å². The van der Waals surface area contributed by atoms with Crippen LogP contribution in [-0.2, 0) is 7.05 Å². The maximum Gasteiger partial charge on any atom is 0.267 e. The number of thiophene rings is 1. The highest BCUT2D eigenvalue weighted by molar-refractivity contribution is 7.20. The molecule has 0 aliphatic heterocycles. The molecule has 3 rings (SSSR count). The maximum atomic E-state index is 12.2. The number of nitrogens with zero attached hydrogens (tertiary/aromatic N) is 3. The average Bonchev–Trinajstić information content (AvgIpc) is 3.02. The van der Waals surface area contributed by atoms with Gasteiger partial charge in [-0.2, -0.15) is 0 Å². The second-order valence-corrected chi connectivity index (χ2v) is 6.08. The number of carbonyl (C=O) groups excluding carboxylic acids is 1. The van der Waals surface area contributed by atoms with Crippen molar-refractivity contribution in [3.63, 3.8) is 0 Å². The van der Waals surface area contributed by atoms with Crippen LogP contribution in [0.1, 0.15) is 15.2 Å². The predicted molar refractivity (Wildman–Crippen MR) is 79.7 cm³/mol. The van der Waals surface area contributed by atoms with Crippen LogP contribution < -0.4 is 10.9 Å². The fraction of sp³-hybridized carbons (Fsp3) is 0.167. The number of anilines is 1. The van der Waals surface area contributed by atoms with Gasteiger partial charge in [0, 0.05) is 18.6 Å². The van der Waals surface area contributed by atoms with Gasteiger partial charge in [-0.15, -0.1) is 22.7 Å². The smallest absolute Gasteiger partial charge is 0.267 e. The van der Waals surface area contributed by atoms with E-state index in [1.54, 1.807) is 25.5 Å². The average molecular weight is 306 g/mol. The van der Waals surface area contributed by atoms with E-state index in [9.17, 15) is 9.59 Å². The van der Waals surface area contributed by atoms with Crippen molar-refractivity contribution in [2.75, 3.05) is 5.32 Å². The molecule has 0 saturated carbocycles. The number of rotatable bonds is 2. The Balaban J connectivity index is 2.09. The van der Waals surface area contributed by atoms with Gasteiger partial charge in [-0.25, -0.2) is 9.97 Å². The number of fused-ring (bicyclic) bond motifs is 1. The zero-order valence-corrected chi connectivity index (χ0v) is 12.3.